The van der Waals surface area contributed by atoms with Crippen molar-refractivity contribution in [1.29, 1.82) is 0 Å². The first kappa shape index (κ1) is 12.2. The lowest BCUT2D eigenvalue weighted by molar-refractivity contribution is -0.127. The molecule has 3 nitrogen and oxygen atoms in total. The van der Waals surface area contributed by atoms with Crippen molar-refractivity contribution in [3.63, 3.8) is 0 Å². The van der Waals surface area contributed by atoms with E-state index in [0.29, 0.717) is 12.6 Å². The number of ether oxygens (including phenoxy) is 1. The summed E-state index contributed by atoms with van der Waals surface area (Å²) in [6.07, 6.45) is 6.00. The molecule has 1 atom stereocenters. The summed E-state index contributed by atoms with van der Waals surface area (Å²) >= 11 is 0. The van der Waals surface area contributed by atoms with Crippen LogP contribution in [0.5, 0.6) is 5.75 Å². The van der Waals surface area contributed by atoms with Crippen LogP contribution in [0.2, 0.25) is 0 Å². The van der Waals surface area contributed by atoms with E-state index >= 15 is 0 Å². The highest BCUT2D eigenvalue weighted by Crippen LogP contribution is 2.44. The number of carbonyl (C=O) groups excluding carboxylic acids is 1. The number of carbonyl (C=O) groups is 1. The summed E-state index contributed by atoms with van der Waals surface area (Å²) in [6, 6.07) is 8.49. The average Bonchev–Trinajstić information content (AvgIpc) is 3.37. The third-order valence-electron chi connectivity index (χ3n) is 4.82. The molecule has 1 N–H and O–H groups in total. The summed E-state index contributed by atoms with van der Waals surface area (Å²) in [6.45, 7) is 0.519. The summed E-state index contributed by atoms with van der Waals surface area (Å²) in [5, 5.41) is 3.32. The molecule has 1 aromatic rings. The fourth-order valence-electron chi connectivity index (χ4n) is 3.31. The van der Waals surface area contributed by atoms with Gasteiger partial charge in [-0.05, 0) is 55.6 Å². The van der Waals surface area contributed by atoms with Gasteiger partial charge in [0.15, 0.2) is 0 Å². The zero-order chi connectivity index (χ0) is 13.5. The third kappa shape index (κ3) is 2.41. The van der Waals surface area contributed by atoms with Gasteiger partial charge in [-0.15, -0.1) is 0 Å². The van der Waals surface area contributed by atoms with Gasteiger partial charge in [-0.2, -0.15) is 0 Å². The van der Waals surface area contributed by atoms with Crippen LogP contribution in [0.4, 0.5) is 0 Å². The molecule has 4 rings (SSSR count). The molecule has 1 aromatic carbocycles. The second kappa shape index (κ2) is 4.80. The molecule has 1 heterocycles. The van der Waals surface area contributed by atoms with Crippen molar-refractivity contribution in [2.75, 3.05) is 6.61 Å². The number of hydrogen-bond donors (Lipinski definition) is 1. The van der Waals surface area contributed by atoms with Crippen LogP contribution in [0.25, 0.3) is 0 Å². The quantitative estimate of drug-likeness (QED) is 0.914. The van der Waals surface area contributed by atoms with Gasteiger partial charge in [0.05, 0.1) is 5.92 Å². The monoisotopic (exact) mass is 271 g/mol. The van der Waals surface area contributed by atoms with Gasteiger partial charge in [0.2, 0.25) is 5.91 Å². The van der Waals surface area contributed by atoms with Crippen molar-refractivity contribution in [3.05, 3.63) is 29.8 Å². The Morgan fingerprint density at radius 2 is 1.85 bits per heavy atom. The van der Waals surface area contributed by atoms with E-state index in [1.165, 1.54) is 25.7 Å². The maximum absolute atomic E-state index is 12.5. The summed E-state index contributed by atoms with van der Waals surface area (Å²) < 4.78 is 5.73. The minimum absolute atomic E-state index is 0.0232. The SMILES string of the molecule is O=C(NC(C1CC1)C1CC1)C1COc2ccccc2C1. The molecule has 0 spiro atoms. The number of amides is 1. The molecule has 1 aliphatic heterocycles. The van der Waals surface area contributed by atoms with E-state index < -0.39 is 0 Å². The van der Waals surface area contributed by atoms with Crippen molar-refractivity contribution in [1.82, 2.24) is 5.32 Å². The summed E-state index contributed by atoms with van der Waals surface area (Å²) in [5.74, 6) is 2.62. The highest BCUT2D eigenvalue weighted by Gasteiger charge is 2.43. The lowest BCUT2D eigenvalue weighted by Crippen LogP contribution is -2.44. The number of nitrogens with one attached hydrogen (secondary N) is 1. The molecule has 0 saturated heterocycles. The smallest absolute Gasteiger partial charge is 0.227 e. The summed E-state index contributed by atoms with van der Waals surface area (Å²) in [5.41, 5.74) is 1.16. The third-order valence-corrected chi connectivity index (χ3v) is 4.82. The van der Waals surface area contributed by atoms with Crippen LogP contribution >= 0.6 is 0 Å². The minimum atomic E-state index is -0.0232. The molecule has 2 saturated carbocycles. The predicted octanol–water partition coefficient (Wildman–Crippen LogP) is 2.54. The van der Waals surface area contributed by atoms with E-state index in [-0.39, 0.29) is 11.8 Å². The maximum Gasteiger partial charge on any atom is 0.227 e. The van der Waals surface area contributed by atoms with E-state index in [2.05, 4.69) is 11.4 Å². The van der Waals surface area contributed by atoms with Gasteiger partial charge in [0.25, 0.3) is 0 Å². The molecule has 1 unspecified atom stereocenters. The van der Waals surface area contributed by atoms with E-state index in [9.17, 15) is 4.79 Å². The van der Waals surface area contributed by atoms with Gasteiger partial charge < -0.3 is 10.1 Å². The normalized spacial score (nSPS) is 24.9. The zero-order valence-corrected chi connectivity index (χ0v) is 11.7. The Kier molecular flexibility index (Phi) is 2.94. The second-order valence-electron chi connectivity index (χ2n) is 6.53. The van der Waals surface area contributed by atoms with Crippen molar-refractivity contribution in [3.8, 4) is 5.75 Å². The van der Waals surface area contributed by atoms with Crippen LogP contribution < -0.4 is 10.1 Å². The molecule has 0 radical (unpaired) electrons. The van der Waals surface area contributed by atoms with Crippen molar-refractivity contribution in [2.24, 2.45) is 17.8 Å². The first-order valence-electron chi connectivity index (χ1n) is 7.82. The number of rotatable bonds is 4. The van der Waals surface area contributed by atoms with Gasteiger partial charge in [0, 0.05) is 6.04 Å². The molecule has 3 heteroatoms. The number of para-hydroxylation sites is 1. The van der Waals surface area contributed by atoms with Crippen LogP contribution in [-0.4, -0.2) is 18.6 Å². The Labute approximate surface area is 119 Å². The van der Waals surface area contributed by atoms with E-state index in [1.54, 1.807) is 0 Å². The number of benzene rings is 1. The van der Waals surface area contributed by atoms with Crippen LogP contribution in [0, 0.1) is 17.8 Å². The van der Waals surface area contributed by atoms with E-state index in [4.69, 9.17) is 4.74 Å². The highest BCUT2D eigenvalue weighted by atomic mass is 16.5. The van der Waals surface area contributed by atoms with Crippen molar-refractivity contribution in [2.45, 2.75) is 38.1 Å². The van der Waals surface area contributed by atoms with Crippen LogP contribution in [-0.2, 0) is 11.2 Å². The van der Waals surface area contributed by atoms with Crippen LogP contribution in [0.15, 0.2) is 24.3 Å². The molecule has 2 fully saturated rings. The summed E-state index contributed by atoms with van der Waals surface area (Å²) in [4.78, 5) is 12.5. The molecule has 1 amide bonds. The van der Waals surface area contributed by atoms with Crippen molar-refractivity contribution >= 4 is 5.91 Å². The van der Waals surface area contributed by atoms with Crippen LogP contribution in [0.3, 0.4) is 0 Å². The van der Waals surface area contributed by atoms with Crippen LogP contribution in [0.1, 0.15) is 31.2 Å². The summed E-state index contributed by atoms with van der Waals surface area (Å²) in [7, 11) is 0. The van der Waals surface area contributed by atoms with E-state index in [0.717, 1.165) is 29.6 Å². The van der Waals surface area contributed by atoms with Gasteiger partial charge in [-0.3, -0.25) is 4.79 Å². The largest absolute Gasteiger partial charge is 0.492 e. The molecule has 0 bridgehead atoms. The average molecular weight is 271 g/mol. The highest BCUT2D eigenvalue weighted by molar-refractivity contribution is 5.80. The standard InChI is InChI=1S/C17H21NO2/c19-17(18-16(11-5-6-11)12-7-8-12)14-9-13-3-1-2-4-15(13)20-10-14/h1-4,11-12,14,16H,5-10H2,(H,18,19). The number of fused-ring (bicyclic) bond motifs is 1. The maximum atomic E-state index is 12.5. The Morgan fingerprint density at radius 3 is 2.55 bits per heavy atom. The van der Waals surface area contributed by atoms with Gasteiger partial charge in [-0.25, -0.2) is 0 Å². The first-order chi connectivity index (χ1) is 9.81. The van der Waals surface area contributed by atoms with Gasteiger partial charge in [-0.1, -0.05) is 18.2 Å². The number of hydrogen-bond acceptors (Lipinski definition) is 2. The predicted molar refractivity (Wildman–Crippen MR) is 76.5 cm³/mol. The molecule has 3 aliphatic rings. The topological polar surface area (TPSA) is 38.3 Å². The minimum Gasteiger partial charge on any atom is -0.492 e. The fraction of sp³-hybridized carbons (Fsp3) is 0.588. The zero-order valence-electron chi connectivity index (χ0n) is 11.7. The Hall–Kier alpha value is -1.51. The molecule has 0 aromatic heterocycles. The molecular formula is C17H21NO2. The fourth-order valence-corrected chi connectivity index (χ4v) is 3.31. The molecule has 106 valence electrons. The van der Waals surface area contributed by atoms with E-state index in [1.807, 2.05) is 18.2 Å². The Bertz CT molecular complexity index is 507. The molecular weight excluding hydrogens is 250 g/mol. The lowest BCUT2D eigenvalue weighted by Gasteiger charge is -2.27. The second-order valence-corrected chi connectivity index (χ2v) is 6.53. The Balaban J connectivity index is 1.41. The van der Waals surface area contributed by atoms with Gasteiger partial charge in [0.1, 0.15) is 12.4 Å². The molecule has 20 heavy (non-hydrogen) atoms. The molecule has 2 aliphatic carbocycles. The first-order valence-corrected chi connectivity index (χ1v) is 7.82. The lowest BCUT2D eigenvalue weighted by atomic mass is 9.95. The Morgan fingerprint density at radius 1 is 1.15 bits per heavy atom. The van der Waals surface area contributed by atoms with Crippen molar-refractivity contribution < 1.29 is 9.53 Å². The van der Waals surface area contributed by atoms with Gasteiger partial charge >= 0.3 is 0 Å².